The third-order valence-electron chi connectivity index (χ3n) is 1.93. The first kappa shape index (κ1) is 17.8. The van der Waals surface area contributed by atoms with Crippen molar-refractivity contribution in [3.05, 3.63) is 12.2 Å². The van der Waals surface area contributed by atoms with Crippen molar-refractivity contribution in [2.45, 2.75) is 26.2 Å². The average molecular weight is 294 g/mol. The highest BCUT2D eigenvalue weighted by atomic mass is 31.1. The molecule has 8 heteroatoms. The lowest BCUT2D eigenvalue weighted by atomic mass is 10.2. The summed E-state index contributed by atoms with van der Waals surface area (Å²) in [6, 6.07) is 0. The maximum absolute atomic E-state index is 11.2. The Labute approximate surface area is 112 Å². The van der Waals surface area contributed by atoms with Crippen molar-refractivity contribution in [3.63, 3.8) is 0 Å². The third-order valence-corrected chi connectivity index (χ3v) is 2.38. The second-order valence-corrected chi connectivity index (χ2v) is 4.53. The van der Waals surface area contributed by atoms with Gasteiger partial charge < -0.3 is 18.9 Å². The number of esters is 2. The smallest absolute Gasteiger partial charge is 0.333 e. The van der Waals surface area contributed by atoms with Crippen LogP contribution in [0.15, 0.2) is 12.2 Å². The van der Waals surface area contributed by atoms with Gasteiger partial charge >= 0.3 is 20.2 Å². The van der Waals surface area contributed by atoms with Gasteiger partial charge in [-0.15, -0.1) is 0 Å². The molecule has 0 aliphatic rings. The van der Waals surface area contributed by atoms with E-state index in [1.54, 1.807) is 0 Å². The predicted molar refractivity (Wildman–Crippen MR) is 67.8 cm³/mol. The van der Waals surface area contributed by atoms with Gasteiger partial charge in [0, 0.05) is 12.0 Å². The van der Waals surface area contributed by atoms with Crippen LogP contribution in [0, 0.1) is 0 Å². The summed E-state index contributed by atoms with van der Waals surface area (Å²) in [6.07, 6.45) is 1.18. The minimum absolute atomic E-state index is 0.00129. The lowest BCUT2D eigenvalue weighted by molar-refractivity contribution is -0.150. The highest BCUT2D eigenvalue weighted by molar-refractivity contribution is 7.32. The third kappa shape index (κ3) is 11.6. The highest BCUT2D eigenvalue weighted by Crippen LogP contribution is 2.15. The molecule has 0 amide bonds. The quantitative estimate of drug-likeness (QED) is 0.280. The summed E-state index contributed by atoms with van der Waals surface area (Å²) in [5.41, 5.74) is 0.287. The van der Waals surface area contributed by atoms with E-state index in [2.05, 4.69) is 11.1 Å². The van der Waals surface area contributed by atoms with Crippen LogP contribution in [0.3, 0.4) is 0 Å². The van der Waals surface area contributed by atoms with E-state index in [9.17, 15) is 14.2 Å². The van der Waals surface area contributed by atoms with Crippen molar-refractivity contribution in [3.8, 4) is 0 Å². The van der Waals surface area contributed by atoms with Crippen LogP contribution in [0.1, 0.15) is 26.2 Å². The Hall–Kier alpha value is -1.17. The van der Waals surface area contributed by atoms with E-state index in [1.165, 1.54) is 6.92 Å². The van der Waals surface area contributed by atoms with E-state index >= 15 is 0 Å². The fourth-order valence-corrected chi connectivity index (χ4v) is 1.34. The molecule has 0 spiro atoms. The second kappa shape index (κ2) is 10.7. The van der Waals surface area contributed by atoms with Gasteiger partial charge in [0.25, 0.3) is 0 Å². The molecule has 0 radical (unpaired) electrons. The topological polar surface area (TPSA) is 99.1 Å². The monoisotopic (exact) mass is 294 g/mol. The molecule has 0 rings (SSSR count). The number of rotatable bonds is 10. The first-order valence-electron chi connectivity index (χ1n) is 5.77. The first-order chi connectivity index (χ1) is 8.93. The molecular formula is C11H19O7P. The fraction of sp³-hybridized carbons (Fsp3) is 0.636. The van der Waals surface area contributed by atoms with Crippen molar-refractivity contribution in [2.24, 2.45) is 0 Å². The molecule has 0 saturated heterocycles. The van der Waals surface area contributed by atoms with Gasteiger partial charge in [-0.25, -0.2) is 4.79 Å². The number of hydrogen-bond donors (Lipinski definition) is 1. The number of carbonyl (C=O) groups excluding carboxylic acids is 2. The Morgan fingerprint density at radius 3 is 2.37 bits per heavy atom. The minimum atomic E-state index is -2.89. The number of hydrogen-bond acceptors (Lipinski definition) is 6. The molecule has 19 heavy (non-hydrogen) atoms. The van der Waals surface area contributed by atoms with Gasteiger partial charge in [-0.2, -0.15) is 0 Å². The van der Waals surface area contributed by atoms with E-state index in [0.717, 1.165) is 0 Å². The molecule has 0 aliphatic heterocycles. The summed E-state index contributed by atoms with van der Waals surface area (Å²) < 4.78 is 24.2. The summed E-state index contributed by atoms with van der Waals surface area (Å²) in [5.74, 6) is -0.935. The summed E-state index contributed by atoms with van der Waals surface area (Å²) in [4.78, 5) is 30.5. The van der Waals surface area contributed by atoms with Crippen molar-refractivity contribution >= 4 is 20.2 Å². The lowest BCUT2D eigenvalue weighted by Crippen LogP contribution is -2.14. The molecule has 0 aromatic rings. The van der Waals surface area contributed by atoms with Gasteiger partial charge in [0.15, 0.2) is 0 Å². The maximum atomic E-state index is 11.2. The van der Waals surface area contributed by atoms with Gasteiger partial charge in [0.1, 0.15) is 13.2 Å². The zero-order valence-electron chi connectivity index (χ0n) is 10.8. The number of ether oxygens (including phenoxy) is 2. The van der Waals surface area contributed by atoms with Crippen molar-refractivity contribution in [2.75, 3.05) is 19.8 Å². The Bertz CT molecular complexity index is 340. The molecule has 1 atom stereocenters. The number of unbranched alkanes of at least 4 members (excludes halogenated alkanes) is 1. The molecule has 1 unspecified atom stereocenters. The van der Waals surface area contributed by atoms with Gasteiger partial charge in [-0.1, -0.05) is 6.58 Å². The summed E-state index contributed by atoms with van der Waals surface area (Å²) in [5, 5.41) is 0. The molecule has 0 saturated carbocycles. The standard InChI is InChI=1S/C11H19O7P/c1-9(2)11(13)17-8-7-16-10(12)5-3-4-6-18-19(14)15/h19H,1,3-8H2,2H3,(H,14,15). The van der Waals surface area contributed by atoms with Crippen LogP contribution in [0.25, 0.3) is 0 Å². The van der Waals surface area contributed by atoms with Crippen molar-refractivity contribution in [1.82, 2.24) is 0 Å². The number of carbonyl (C=O) groups is 2. The van der Waals surface area contributed by atoms with E-state index in [-0.39, 0.29) is 31.8 Å². The van der Waals surface area contributed by atoms with E-state index in [1.807, 2.05) is 0 Å². The Balaban J connectivity index is 3.42. The summed E-state index contributed by atoms with van der Waals surface area (Å²) >= 11 is 0. The molecule has 0 aromatic carbocycles. The van der Waals surface area contributed by atoms with Crippen molar-refractivity contribution < 1.29 is 33.0 Å². The van der Waals surface area contributed by atoms with Crippen LogP contribution in [-0.2, 0) is 28.2 Å². The van der Waals surface area contributed by atoms with Crippen LogP contribution in [0.5, 0.6) is 0 Å². The van der Waals surface area contributed by atoms with Crippen molar-refractivity contribution in [1.29, 1.82) is 0 Å². The minimum Gasteiger partial charge on any atom is -0.462 e. The Kier molecular flexibility index (Phi) is 10.1. The highest BCUT2D eigenvalue weighted by Gasteiger charge is 2.05. The molecule has 7 nitrogen and oxygen atoms in total. The molecule has 0 aromatic heterocycles. The molecule has 0 bridgehead atoms. The second-order valence-electron chi connectivity index (χ2n) is 3.71. The van der Waals surface area contributed by atoms with E-state index in [0.29, 0.717) is 12.8 Å². The van der Waals surface area contributed by atoms with Crippen LogP contribution in [0.4, 0.5) is 0 Å². The zero-order valence-corrected chi connectivity index (χ0v) is 11.8. The Morgan fingerprint density at radius 2 is 1.79 bits per heavy atom. The molecule has 0 fully saturated rings. The van der Waals surface area contributed by atoms with Gasteiger partial charge in [0.2, 0.25) is 0 Å². The van der Waals surface area contributed by atoms with Gasteiger partial charge in [-0.3, -0.25) is 9.36 Å². The SMILES string of the molecule is C=C(C)C(=O)OCCOC(=O)CCCCO[PH](=O)O. The zero-order chi connectivity index (χ0) is 14.7. The predicted octanol–water partition coefficient (Wildman–Crippen LogP) is 1.22. The summed E-state index contributed by atoms with van der Waals surface area (Å²) in [7, 11) is -2.89. The summed E-state index contributed by atoms with van der Waals surface area (Å²) in [6.45, 7) is 5.06. The van der Waals surface area contributed by atoms with E-state index < -0.39 is 20.2 Å². The largest absolute Gasteiger partial charge is 0.462 e. The van der Waals surface area contributed by atoms with Crippen LogP contribution in [0.2, 0.25) is 0 Å². The normalized spacial score (nSPS) is 11.7. The van der Waals surface area contributed by atoms with Crippen LogP contribution < -0.4 is 0 Å². The molecule has 0 heterocycles. The van der Waals surface area contributed by atoms with Crippen LogP contribution >= 0.6 is 8.25 Å². The molecule has 0 aliphatic carbocycles. The van der Waals surface area contributed by atoms with Gasteiger partial charge in [-0.05, 0) is 19.8 Å². The molecule has 1 N–H and O–H groups in total. The maximum Gasteiger partial charge on any atom is 0.333 e. The van der Waals surface area contributed by atoms with Crippen LogP contribution in [-0.4, -0.2) is 36.7 Å². The molecular weight excluding hydrogens is 275 g/mol. The lowest BCUT2D eigenvalue weighted by Gasteiger charge is -2.06. The molecule has 110 valence electrons. The van der Waals surface area contributed by atoms with E-state index in [4.69, 9.17) is 14.4 Å². The fourth-order valence-electron chi connectivity index (χ4n) is 1.02. The van der Waals surface area contributed by atoms with Gasteiger partial charge in [0.05, 0.1) is 6.61 Å². The first-order valence-corrected chi connectivity index (χ1v) is 7.04. The Morgan fingerprint density at radius 1 is 1.16 bits per heavy atom. The average Bonchev–Trinajstić information content (AvgIpc) is 2.33.